The van der Waals surface area contributed by atoms with Crippen molar-refractivity contribution in [2.45, 2.75) is 45.7 Å². The van der Waals surface area contributed by atoms with Crippen LogP contribution < -0.4 is 10.2 Å². The SMILES string of the molecule is CCC(C)(C)NC(=O)[C@@H](c1ccccc1F)N(C(=O)c1csnn1)c1ccc(C)cc1. The van der Waals surface area contributed by atoms with E-state index >= 15 is 0 Å². The van der Waals surface area contributed by atoms with E-state index in [1.165, 1.54) is 22.4 Å². The predicted octanol–water partition coefficient (Wildman–Crippen LogP) is 4.68. The van der Waals surface area contributed by atoms with Crippen LogP contribution >= 0.6 is 11.5 Å². The second-order valence-electron chi connectivity index (χ2n) is 7.95. The molecule has 0 fully saturated rings. The Bertz CT molecular complexity index is 1050. The number of hydrogen-bond donors (Lipinski definition) is 1. The summed E-state index contributed by atoms with van der Waals surface area (Å²) in [5, 5.41) is 8.35. The normalized spacial score (nSPS) is 12.3. The van der Waals surface area contributed by atoms with Crippen molar-refractivity contribution in [1.82, 2.24) is 14.9 Å². The molecule has 6 nitrogen and oxygen atoms in total. The van der Waals surface area contributed by atoms with E-state index in [2.05, 4.69) is 14.9 Å². The maximum absolute atomic E-state index is 14.9. The molecular weight excluding hydrogens is 415 g/mol. The molecule has 8 heteroatoms. The first-order valence-electron chi connectivity index (χ1n) is 9.97. The van der Waals surface area contributed by atoms with Gasteiger partial charge < -0.3 is 5.32 Å². The van der Waals surface area contributed by atoms with Gasteiger partial charge in [0, 0.05) is 22.2 Å². The van der Waals surface area contributed by atoms with Gasteiger partial charge in [0.25, 0.3) is 5.91 Å². The Kier molecular flexibility index (Phi) is 6.80. The van der Waals surface area contributed by atoms with Gasteiger partial charge in [-0.15, -0.1) is 5.10 Å². The van der Waals surface area contributed by atoms with E-state index in [1.807, 2.05) is 39.8 Å². The van der Waals surface area contributed by atoms with E-state index in [4.69, 9.17) is 0 Å². The summed E-state index contributed by atoms with van der Waals surface area (Å²) in [7, 11) is 0. The lowest BCUT2D eigenvalue weighted by Crippen LogP contribution is -2.50. The molecule has 1 N–H and O–H groups in total. The Hall–Kier alpha value is -3.13. The van der Waals surface area contributed by atoms with Crippen LogP contribution in [0.5, 0.6) is 0 Å². The summed E-state index contributed by atoms with van der Waals surface area (Å²) in [6.07, 6.45) is 0.664. The van der Waals surface area contributed by atoms with Gasteiger partial charge in [-0.3, -0.25) is 14.5 Å². The van der Waals surface area contributed by atoms with Crippen LogP contribution in [0.1, 0.15) is 54.8 Å². The number of halogens is 1. The van der Waals surface area contributed by atoms with Crippen LogP contribution in [0.4, 0.5) is 10.1 Å². The molecule has 2 aromatic carbocycles. The molecule has 162 valence electrons. The zero-order valence-electron chi connectivity index (χ0n) is 17.9. The third-order valence-corrected chi connectivity index (χ3v) is 5.67. The molecule has 0 saturated heterocycles. The molecule has 31 heavy (non-hydrogen) atoms. The number of anilines is 1. The Morgan fingerprint density at radius 1 is 1.16 bits per heavy atom. The highest BCUT2D eigenvalue weighted by atomic mass is 32.1. The van der Waals surface area contributed by atoms with Crippen molar-refractivity contribution in [2.75, 3.05) is 4.90 Å². The fourth-order valence-electron chi connectivity index (χ4n) is 3.05. The molecule has 0 saturated carbocycles. The fraction of sp³-hybridized carbons (Fsp3) is 0.304. The van der Waals surface area contributed by atoms with E-state index < -0.39 is 29.2 Å². The van der Waals surface area contributed by atoms with Crippen molar-refractivity contribution in [3.05, 3.63) is 76.5 Å². The second-order valence-corrected chi connectivity index (χ2v) is 8.56. The van der Waals surface area contributed by atoms with Crippen LogP contribution in [0.3, 0.4) is 0 Å². The highest BCUT2D eigenvalue weighted by Gasteiger charge is 2.37. The van der Waals surface area contributed by atoms with Crippen molar-refractivity contribution < 1.29 is 14.0 Å². The fourth-order valence-corrected chi connectivity index (χ4v) is 3.48. The summed E-state index contributed by atoms with van der Waals surface area (Å²) in [4.78, 5) is 28.3. The monoisotopic (exact) mass is 440 g/mol. The number of carbonyl (C=O) groups excluding carboxylic acids is 2. The van der Waals surface area contributed by atoms with Crippen LogP contribution in [-0.2, 0) is 4.79 Å². The topological polar surface area (TPSA) is 75.2 Å². The van der Waals surface area contributed by atoms with Gasteiger partial charge in [-0.2, -0.15) is 0 Å². The number of amides is 2. The molecule has 1 aromatic heterocycles. The zero-order valence-corrected chi connectivity index (χ0v) is 18.7. The van der Waals surface area contributed by atoms with Crippen molar-refractivity contribution in [2.24, 2.45) is 0 Å². The summed E-state index contributed by atoms with van der Waals surface area (Å²) < 4.78 is 18.7. The molecule has 0 aliphatic heterocycles. The maximum Gasteiger partial charge on any atom is 0.280 e. The van der Waals surface area contributed by atoms with E-state index in [-0.39, 0.29) is 11.3 Å². The minimum absolute atomic E-state index is 0.0921. The van der Waals surface area contributed by atoms with Gasteiger partial charge in [-0.1, -0.05) is 47.3 Å². The third-order valence-electron chi connectivity index (χ3n) is 5.16. The smallest absolute Gasteiger partial charge is 0.280 e. The first kappa shape index (κ1) is 22.6. The van der Waals surface area contributed by atoms with Gasteiger partial charge in [-0.05, 0) is 56.9 Å². The number of nitrogens with one attached hydrogen (secondary N) is 1. The molecule has 1 atom stereocenters. The number of aryl methyl sites for hydroxylation is 1. The minimum atomic E-state index is -1.23. The predicted molar refractivity (Wildman–Crippen MR) is 120 cm³/mol. The molecule has 3 aromatic rings. The minimum Gasteiger partial charge on any atom is -0.349 e. The Morgan fingerprint density at radius 2 is 1.84 bits per heavy atom. The average molecular weight is 441 g/mol. The third kappa shape index (κ3) is 5.14. The van der Waals surface area contributed by atoms with Gasteiger partial charge in [0.05, 0.1) is 0 Å². The van der Waals surface area contributed by atoms with Gasteiger partial charge >= 0.3 is 0 Å². The number of carbonyl (C=O) groups is 2. The molecule has 0 aliphatic rings. The zero-order chi connectivity index (χ0) is 22.6. The lowest BCUT2D eigenvalue weighted by molar-refractivity contribution is -0.124. The first-order valence-corrected chi connectivity index (χ1v) is 10.8. The van der Waals surface area contributed by atoms with Crippen LogP contribution in [0.2, 0.25) is 0 Å². The first-order chi connectivity index (χ1) is 14.7. The summed E-state index contributed by atoms with van der Waals surface area (Å²) in [5.41, 5.74) is 1.11. The Labute approximate surface area is 185 Å². The molecule has 0 aliphatic carbocycles. The van der Waals surface area contributed by atoms with Crippen molar-refractivity contribution in [1.29, 1.82) is 0 Å². The van der Waals surface area contributed by atoms with E-state index in [0.717, 1.165) is 17.1 Å². The lowest BCUT2D eigenvalue weighted by atomic mass is 9.97. The highest BCUT2D eigenvalue weighted by Crippen LogP contribution is 2.32. The maximum atomic E-state index is 14.9. The molecule has 0 radical (unpaired) electrons. The van der Waals surface area contributed by atoms with Crippen LogP contribution in [0.15, 0.2) is 53.9 Å². The van der Waals surface area contributed by atoms with E-state index in [9.17, 15) is 14.0 Å². The average Bonchev–Trinajstić information content (AvgIpc) is 3.28. The van der Waals surface area contributed by atoms with Crippen LogP contribution in [0.25, 0.3) is 0 Å². The molecule has 0 bridgehead atoms. The Balaban J connectivity index is 2.19. The number of rotatable bonds is 7. The van der Waals surface area contributed by atoms with Crippen molar-refractivity contribution in [3.63, 3.8) is 0 Å². The summed E-state index contributed by atoms with van der Waals surface area (Å²) in [6, 6.07) is 11.9. The number of benzene rings is 2. The van der Waals surface area contributed by atoms with Crippen LogP contribution in [0, 0.1) is 12.7 Å². The van der Waals surface area contributed by atoms with Crippen molar-refractivity contribution in [3.8, 4) is 0 Å². The van der Waals surface area contributed by atoms with Crippen molar-refractivity contribution >= 4 is 29.0 Å². The molecular formula is C23H25FN4O2S. The quantitative estimate of drug-likeness (QED) is 0.579. The van der Waals surface area contributed by atoms with E-state index in [1.54, 1.807) is 24.3 Å². The van der Waals surface area contributed by atoms with E-state index in [0.29, 0.717) is 12.1 Å². The number of nitrogens with zero attached hydrogens (tertiary/aromatic N) is 3. The lowest BCUT2D eigenvalue weighted by Gasteiger charge is -2.34. The van der Waals surface area contributed by atoms with Gasteiger partial charge in [0.1, 0.15) is 11.9 Å². The molecule has 3 rings (SSSR count). The summed E-state index contributed by atoms with van der Waals surface area (Å²) in [6.45, 7) is 7.63. The van der Waals surface area contributed by atoms with Gasteiger partial charge in [0.2, 0.25) is 5.91 Å². The second kappa shape index (κ2) is 9.34. The molecule has 0 spiro atoms. The molecule has 0 unspecified atom stereocenters. The number of aromatic nitrogens is 2. The van der Waals surface area contributed by atoms with Gasteiger partial charge in [0.15, 0.2) is 5.69 Å². The highest BCUT2D eigenvalue weighted by molar-refractivity contribution is 7.03. The largest absolute Gasteiger partial charge is 0.349 e. The standard InChI is InChI=1S/C23H25FN4O2S/c1-5-23(3,4)25-21(29)20(17-8-6-7-9-18(17)24)28(16-12-10-15(2)11-13-16)22(30)19-14-31-27-26-19/h6-14,20H,5H2,1-4H3,(H,25,29)/t20-/m1/s1. The Morgan fingerprint density at radius 3 is 2.42 bits per heavy atom. The van der Waals surface area contributed by atoms with Gasteiger partial charge in [-0.25, -0.2) is 4.39 Å². The molecule has 2 amide bonds. The number of hydrogen-bond acceptors (Lipinski definition) is 5. The summed E-state index contributed by atoms with van der Waals surface area (Å²) >= 11 is 1.03. The summed E-state index contributed by atoms with van der Waals surface area (Å²) in [5.74, 6) is -1.58. The molecule has 1 heterocycles. The van der Waals surface area contributed by atoms with Crippen LogP contribution in [-0.4, -0.2) is 26.9 Å².